The Morgan fingerprint density at radius 2 is 1.82 bits per heavy atom. The second kappa shape index (κ2) is 9.57. The van der Waals surface area contributed by atoms with E-state index in [0.717, 1.165) is 45.5 Å². The molecule has 1 fully saturated rings. The second-order valence-corrected chi connectivity index (χ2v) is 9.62. The zero-order valence-corrected chi connectivity index (χ0v) is 22.4. The molecule has 2 aromatic carbocycles. The first-order chi connectivity index (χ1) is 18.5. The molecule has 0 aliphatic carbocycles. The topological polar surface area (TPSA) is 70.0 Å². The molecule has 0 saturated carbocycles. The number of benzene rings is 2. The summed E-state index contributed by atoms with van der Waals surface area (Å²) >= 11 is 5.94. The molecule has 0 unspecified atom stereocenters. The normalized spacial score (nSPS) is 18.0. The number of aryl methyl sites for hydroxylation is 1. The molecule has 38 heavy (non-hydrogen) atoms. The molecule has 0 amide bonds. The van der Waals surface area contributed by atoms with Crippen LogP contribution in [0.15, 0.2) is 66.9 Å². The molecular formula is C29H28N4O4S. The Bertz CT molecular complexity index is 1520. The Morgan fingerprint density at radius 1 is 0.974 bits per heavy atom. The fourth-order valence-electron chi connectivity index (χ4n) is 5.42. The van der Waals surface area contributed by atoms with Gasteiger partial charge in [-0.25, -0.2) is 0 Å². The summed E-state index contributed by atoms with van der Waals surface area (Å²) in [5, 5.41) is 4.14. The molecule has 2 aromatic heterocycles. The summed E-state index contributed by atoms with van der Waals surface area (Å²) in [6.45, 7) is 4.48. The molecule has 6 rings (SSSR count). The Morgan fingerprint density at radius 3 is 2.58 bits per heavy atom. The molecule has 2 aliphatic rings. The van der Waals surface area contributed by atoms with Crippen LogP contribution in [0.4, 0.5) is 5.69 Å². The molecule has 4 heterocycles. The maximum absolute atomic E-state index is 5.94. The lowest BCUT2D eigenvalue weighted by atomic mass is 9.96. The van der Waals surface area contributed by atoms with Gasteiger partial charge in [0.15, 0.2) is 16.6 Å². The number of rotatable bonds is 6. The van der Waals surface area contributed by atoms with E-state index in [4.69, 9.17) is 31.2 Å². The van der Waals surface area contributed by atoms with Gasteiger partial charge in [0.25, 0.3) is 0 Å². The van der Waals surface area contributed by atoms with E-state index in [0.29, 0.717) is 16.6 Å². The van der Waals surface area contributed by atoms with Gasteiger partial charge in [-0.05, 0) is 74.1 Å². The molecule has 0 spiro atoms. The van der Waals surface area contributed by atoms with E-state index < -0.39 is 0 Å². The van der Waals surface area contributed by atoms with Crippen LogP contribution in [-0.4, -0.2) is 35.7 Å². The van der Waals surface area contributed by atoms with E-state index in [1.807, 2.05) is 54.7 Å². The first kappa shape index (κ1) is 24.1. The number of anilines is 1. The van der Waals surface area contributed by atoms with Crippen molar-refractivity contribution in [1.82, 2.24) is 14.9 Å². The third kappa shape index (κ3) is 3.90. The maximum atomic E-state index is 5.94. The number of hydrogen-bond donors (Lipinski definition) is 1. The summed E-state index contributed by atoms with van der Waals surface area (Å²) in [7, 11) is 3.29. The predicted molar refractivity (Wildman–Crippen MR) is 149 cm³/mol. The highest BCUT2D eigenvalue weighted by Crippen LogP contribution is 2.47. The molecule has 1 N–H and O–H groups in total. The van der Waals surface area contributed by atoms with Gasteiger partial charge in [0.05, 0.1) is 37.7 Å². The van der Waals surface area contributed by atoms with E-state index in [-0.39, 0.29) is 18.9 Å². The van der Waals surface area contributed by atoms with E-state index >= 15 is 0 Å². The zero-order chi connectivity index (χ0) is 26.4. The van der Waals surface area contributed by atoms with Gasteiger partial charge in [0, 0.05) is 35.4 Å². The average Bonchev–Trinajstić information content (AvgIpc) is 3.63. The Balaban J connectivity index is 1.51. The first-order valence-electron chi connectivity index (χ1n) is 12.3. The van der Waals surface area contributed by atoms with Crippen LogP contribution in [0.5, 0.6) is 23.0 Å². The van der Waals surface area contributed by atoms with Crippen LogP contribution in [0.2, 0.25) is 0 Å². The number of nitrogens with zero attached hydrogens (tertiary/aromatic N) is 3. The highest BCUT2D eigenvalue weighted by atomic mass is 32.1. The van der Waals surface area contributed by atoms with Crippen LogP contribution in [0.1, 0.15) is 34.7 Å². The van der Waals surface area contributed by atoms with Crippen molar-refractivity contribution in [1.29, 1.82) is 0 Å². The van der Waals surface area contributed by atoms with Gasteiger partial charge >= 0.3 is 0 Å². The zero-order valence-electron chi connectivity index (χ0n) is 21.6. The fraction of sp³-hybridized carbons (Fsp3) is 0.241. The van der Waals surface area contributed by atoms with Crippen LogP contribution >= 0.6 is 12.2 Å². The number of thiocarbonyl (C=S) groups is 1. The highest BCUT2D eigenvalue weighted by molar-refractivity contribution is 7.80. The number of nitrogens with one attached hydrogen (secondary N) is 1. The van der Waals surface area contributed by atoms with Gasteiger partial charge in [-0.3, -0.25) is 4.98 Å². The largest absolute Gasteiger partial charge is 0.497 e. The number of aromatic nitrogens is 2. The van der Waals surface area contributed by atoms with Crippen molar-refractivity contribution in [3.05, 3.63) is 89.5 Å². The molecule has 8 nitrogen and oxygen atoms in total. The Hall–Kier alpha value is -4.24. The van der Waals surface area contributed by atoms with Crippen molar-refractivity contribution >= 4 is 23.0 Å². The van der Waals surface area contributed by atoms with Gasteiger partial charge in [-0.1, -0.05) is 6.07 Å². The molecule has 4 aromatic rings. The third-order valence-corrected chi connectivity index (χ3v) is 7.46. The first-order valence-corrected chi connectivity index (χ1v) is 12.7. The molecule has 0 radical (unpaired) electrons. The monoisotopic (exact) mass is 528 g/mol. The Kier molecular flexibility index (Phi) is 6.07. The Labute approximate surface area is 226 Å². The number of hydrogen-bond acceptors (Lipinski definition) is 6. The third-order valence-electron chi connectivity index (χ3n) is 7.15. The minimum Gasteiger partial charge on any atom is -0.497 e. The van der Waals surface area contributed by atoms with Crippen LogP contribution in [0, 0.1) is 13.8 Å². The number of ether oxygens (including phenoxy) is 4. The molecular weight excluding hydrogens is 500 g/mol. The number of pyridine rings is 1. The van der Waals surface area contributed by atoms with Crippen LogP contribution in [0.3, 0.4) is 0 Å². The summed E-state index contributed by atoms with van der Waals surface area (Å²) in [5.74, 6) is 2.89. The van der Waals surface area contributed by atoms with Crippen LogP contribution in [0.25, 0.3) is 5.69 Å². The lowest BCUT2D eigenvalue weighted by Gasteiger charge is -2.29. The van der Waals surface area contributed by atoms with Gasteiger partial charge in [0.2, 0.25) is 6.79 Å². The van der Waals surface area contributed by atoms with Crippen LogP contribution in [-0.2, 0) is 0 Å². The van der Waals surface area contributed by atoms with E-state index in [1.54, 1.807) is 14.2 Å². The summed E-state index contributed by atoms with van der Waals surface area (Å²) < 4.78 is 24.6. The minimum atomic E-state index is -0.186. The molecule has 2 atom stereocenters. The van der Waals surface area contributed by atoms with E-state index in [2.05, 4.69) is 45.7 Å². The maximum Gasteiger partial charge on any atom is 0.231 e. The van der Waals surface area contributed by atoms with E-state index in [9.17, 15) is 0 Å². The predicted octanol–water partition coefficient (Wildman–Crippen LogP) is 5.41. The highest BCUT2D eigenvalue weighted by Gasteiger charge is 2.43. The standard InChI is InChI=1S/C29H28N4O4S/c1-17-13-21(18(2)32(17)19-8-11-24-26(14-19)37-16-36-24)28-27(22-7-5-6-12-30-22)31-29(38)33(28)23-10-9-20(34-3)15-25(23)35-4/h5-15,27-28H,16H2,1-4H3,(H,31,38)/t27-,28-/m1/s1. The van der Waals surface area contributed by atoms with Crippen molar-refractivity contribution in [3.8, 4) is 28.7 Å². The summed E-state index contributed by atoms with van der Waals surface area (Å²) in [5.41, 5.74) is 6.07. The summed E-state index contributed by atoms with van der Waals surface area (Å²) in [4.78, 5) is 6.81. The van der Waals surface area contributed by atoms with Crippen LogP contribution < -0.4 is 29.2 Å². The molecule has 1 saturated heterocycles. The minimum absolute atomic E-state index is 0.179. The summed E-state index contributed by atoms with van der Waals surface area (Å²) in [6, 6.07) is 19.6. The molecule has 2 aliphatic heterocycles. The van der Waals surface area contributed by atoms with E-state index in [1.165, 1.54) is 0 Å². The van der Waals surface area contributed by atoms with Gasteiger partial charge < -0.3 is 33.7 Å². The van der Waals surface area contributed by atoms with Gasteiger partial charge in [-0.2, -0.15) is 0 Å². The summed E-state index contributed by atoms with van der Waals surface area (Å²) in [6.07, 6.45) is 1.81. The average molecular weight is 529 g/mol. The van der Waals surface area contributed by atoms with Crippen molar-refractivity contribution in [2.75, 3.05) is 25.9 Å². The molecule has 194 valence electrons. The van der Waals surface area contributed by atoms with Crippen molar-refractivity contribution in [2.24, 2.45) is 0 Å². The van der Waals surface area contributed by atoms with Crippen molar-refractivity contribution < 1.29 is 18.9 Å². The lowest BCUT2D eigenvalue weighted by molar-refractivity contribution is 0.174. The van der Waals surface area contributed by atoms with Crippen molar-refractivity contribution in [2.45, 2.75) is 25.9 Å². The lowest BCUT2D eigenvalue weighted by Crippen LogP contribution is -2.30. The number of fused-ring (bicyclic) bond motifs is 1. The fourth-order valence-corrected chi connectivity index (χ4v) is 5.76. The molecule has 0 bridgehead atoms. The van der Waals surface area contributed by atoms with Gasteiger partial charge in [0.1, 0.15) is 11.5 Å². The smallest absolute Gasteiger partial charge is 0.231 e. The van der Waals surface area contributed by atoms with Gasteiger partial charge in [-0.15, -0.1) is 0 Å². The molecule has 9 heteroatoms. The second-order valence-electron chi connectivity index (χ2n) is 9.23. The quantitative estimate of drug-likeness (QED) is 0.333. The number of methoxy groups -OCH3 is 2. The van der Waals surface area contributed by atoms with Crippen molar-refractivity contribution in [3.63, 3.8) is 0 Å². The SMILES string of the molecule is COc1ccc(N2C(=S)N[C@H](c3ccccn3)[C@H]2c2cc(C)n(-c3ccc4c(c3)OCO4)c2C)c(OC)c1.